The van der Waals surface area contributed by atoms with E-state index in [0.717, 1.165) is 5.54 Å². The Kier molecular flexibility index (Phi) is 6.97. The number of hydrogen-bond donors (Lipinski definition) is 0. The topological polar surface area (TPSA) is 9.23 Å². The van der Waals surface area contributed by atoms with E-state index in [4.69, 9.17) is 4.43 Å². The van der Waals surface area contributed by atoms with Crippen LogP contribution in [0.1, 0.15) is 47.0 Å². The smallest absolute Gasteiger partial charge is 0.164 e. The monoisotopic (exact) mass is 174 g/mol. The molecule has 0 fully saturated rings. The summed E-state index contributed by atoms with van der Waals surface area (Å²) in [5.74, 6) is 0. The molecule has 0 radical (unpaired) electrons. The van der Waals surface area contributed by atoms with Crippen molar-refractivity contribution in [2.45, 2.75) is 58.6 Å². The molecule has 0 aliphatic rings. The average molecular weight is 174 g/mol. The lowest BCUT2D eigenvalue weighted by molar-refractivity contribution is 0.199. The van der Waals surface area contributed by atoms with E-state index in [1.54, 1.807) is 0 Å². The van der Waals surface area contributed by atoms with Crippen LogP contribution in [0.2, 0.25) is 5.54 Å². The fraction of sp³-hybridized carbons (Fsp3) is 1.00. The van der Waals surface area contributed by atoms with E-state index in [9.17, 15) is 0 Å². The Bertz CT molecular complexity index is 81.6. The Morgan fingerprint density at radius 2 is 1.64 bits per heavy atom. The van der Waals surface area contributed by atoms with Crippen molar-refractivity contribution in [1.29, 1.82) is 0 Å². The summed E-state index contributed by atoms with van der Waals surface area (Å²) in [6.45, 7) is 8.96. The van der Waals surface area contributed by atoms with Gasteiger partial charge in [-0.2, -0.15) is 0 Å². The summed E-state index contributed by atoms with van der Waals surface area (Å²) in [5.41, 5.74) is 0.857. The van der Waals surface area contributed by atoms with Gasteiger partial charge in [-0.05, 0) is 18.4 Å². The summed E-state index contributed by atoms with van der Waals surface area (Å²) in [6, 6.07) is 0. The lowest BCUT2D eigenvalue weighted by atomic mass is 10.2. The highest BCUT2D eigenvalue weighted by molar-refractivity contribution is 6.29. The Balaban J connectivity index is 3.34. The molecule has 1 nitrogen and oxygen atoms in total. The first-order valence-electron chi connectivity index (χ1n) is 4.86. The summed E-state index contributed by atoms with van der Waals surface area (Å²) in [4.78, 5) is 0. The molecule has 11 heavy (non-hydrogen) atoms. The van der Waals surface area contributed by atoms with Gasteiger partial charge in [0.15, 0.2) is 9.76 Å². The van der Waals surface area contributed by atoms with Crippen molar-refractivity contribution in [3.05, 3.63) is 0 Å². The lowest BCUT2D eigenvalue weighted by Crippen LogP contribution is -2.15. The summed E-state index contributed by atoms with van der Waals surface area (Å²) >= 11 is 0. The standard InChI is InChI=1S/C9H22OSi/c1-5-8(4)11-10-9(6-2)7-3/h8-9H,5-7,11H2,1-4H3. The molecule has 0 aliphatic heterocycles. The van der Waals surface area contributed by atoms with Gasteiger partial charge in [0.2, 0.25) is 0 Å². The van der Waals surface area contributed by atoms with Crippen molar-refractivity contribution in [2.75, 3.05) is 0 Å². The highest BCUT2D eigenvalue weighted by Gasteiger charge is 2.05. The maximum Gasteiger partial charge on any atom is 0.164 e. The Hall–Kier alpha value is 0.177. The van der Waals surface area contributed by atoms with Crippen LogP contribution in [0.4, 0.5) is 0 Å². The molecule has 0 aliphatic carbocycles. The zero-order chi connectivity index (χ0) is 8.69. The van der Waals surface area contributed by atoms with Crippen LogP contribution in [0.25, 0.3) is 0 Å². The van der Waals surface area contributed by atoms with Crippen LogP contribution in [0.5, 0.6) is 0 Å². The van der Waals surface area contributed by atoms with E-state index in [0.29, 0.717) is 6.10 Å². The molecule has 68 valence electrons. The van der Waals surface area contributed by atoms with Gasteiger partial charge in [0.25, 0.3) is 0 Å². The van der Waals surface area contributed by atoms with Crippen LogP contribution >= 0.6 is 0 Å². The summed E-state index contributed by atoms with van der Waals surface area (Å²) < 4.78 is 5.83. The molecule has 0 heterocycles. The van der Waals surface area contributed by atoms with Gasteiger partial charge < -0.3 is 4.43 Å². The molecular weight excluding hydrogens is 152 g/mol. The molecule has 0 amide bonds. The maximum atomic E-state index is 5.83. The first-order chi connectivity index (χ1) is 5.24. The van der Waals surface area contributed by atoms with E-state index in [1.165, 1.54) is 19.3 Å². The third-order valence-corrected chi connectivity index (χ3v) is 4.03. The molecule has 0 aromatic heterocycles. The van der Waals surface area contributed by atoms with E-state index in [-0.39, 0.29) is 9.76 Å². The molecule has 1 atom stereocenters. The minimum atomic E-state index is -0.234. The van der Waals surface area contributed by atoms with Crippen LogP contribution in [-0.2, 0) is 4.43 Å². The van der Waals surface area contributed by atoms with Crippen LogP contribution in [0, 0.1) is 0 Å². The van der Waals surface area contributed by atoms with Crippen molar-refractivity contribution in [3.8, 4) is 0 Å². The van der Waals surface area contributed by atoms with Gasteiger partial charge >= 0.3 is 0 Å². The first-order valence-corrected chi connectivity index (χ1v) is 6.25. The van der Waals surface area contributed by atoms with Gasteiger partial charge in [-0.3, -0.25) is 0 Å². The van der Waals surface area contributed by atoms with Crippen LogP contribution < -0.4 is 0 Å². The molecule has 0 aromatic carbocycles. The van der Waals surface area contributed by atoms with Crippen LogP contribution in [0.15, 0.2) is 0 Å². The molecule has 0 aromatic rings. The number of rotatable bonds is 6. The molecule has 1 unspecified atom stereocenters. The molecule has 0 rings (SSSR count). The molecular formula is C9H22OSi. The molecule has 0 N–H and O–H groups in total. The number of hydrogen-bond acceptors (Lipinski definition) is 1. The SMILES string of the molecule is CCC(CC)O[SiH2]C(C)CC. The summed E-state index contributed by atoms with van der Waals surface area (Å²) in [5, 5.41) is 0. The second kappa shape index (κ2) is 6.86. The van der Waals surface area contributed by atoms with E-state index in [1.807, 2.05) is 0 Å². The normalized spacial score (nSPS) is 15.0. The van der Waals surface area contributed by atoms with E-state index < -0.39 is 0 Å². The van der Waals surface area contributed by atoms with Crippen molar-refractivity contribution in [3.63, 3.8) is 0 Å². The van der Waals surface area contributed by atoms with Gasteiger partial charge in [0.05, 0.1) is 0 Å². The average Bonchev–Trinajstić information content (AvgIpc) is 2.06. The van der Waals surface area contributed by atoms with Crippen molar-refractivity contribution in [1.82, 2.24) is 0 Å². The highest BCUT2D eigenvalue weighted by atomic mass is 28.2. The van der Waals surface area contributed by atoms with Crippen molar-refractivity contribution >= 4 is 9.76 Å². The fourth-order valence-corrected chi connectivity index (χ4v) is 2.25. The Morgan fingerprint density at radius 1 is 1.09 bits per heavy atom. The minimum Gasteiger partial charge on any atom is -0.421 e. The Morgan fingerprint density at radius 3 is 2.00 bits per heavy atom. The predicted octanol–water partition coefficient (Wildman–Crippen LogP) is 2.49. The largest absolute Gasteiger partial charge is 0.421 e. The second-order valence-corrected chi connectivity index (χ2v) is 5.35. The van der Waals surface area contributed by atoms with Gasteiger partial charge in [-0.25, -0.2) is 0 Å². The zero-order valence-corrected chi connectivity index (χ0v) is 9.81. The summed E-state index contributed by atoms with van der Waals surface area (Å²) in [7, 11) is -0.234. The van der Waals surface area contributed by atoms with Crippen LogP contribution in [-0.4, -0.2) is 15.9 Å². The van der Waals surface area contributed by atoms with Gasteiger partial charge in [0, 0.05) is 6.10 Å². The molecule has 0 saturated carbocycles. The van der Waals surface area contributed by atoms with E-state index >= 15 is 0 Å². The highest BCUT2D eigenvalue weighted by Crippen LogP contribution is 2.10. The van der Waals surface area contributed by atoms with Gasteiger partial charge in [-0.15, -0.1) is 0 Å². The van der Waals surface area contributed by atoms with Gasteiger partial charge in [0.1, 0.15) is 0 Å². The quantitative estimate of drug-likeness (QED) is 0.562. The predicted molar refractivity (Wildman–Crippen MR) is 53.7 cm³/mol. The molecule has 0 bridgehead atoms. The van der Waals surface area contributed by atoms with E-state index in [2.05, 4.69) is 27.7 Å². The second-order valence-electron chi connectivity index (χ2n) is 3.29. The summed E-state index contributed by atoms with van der Waals surface area (Å²) in [6.07, 6.45) is 4.20. The molecule has 2 heteroatoms. The van der Waals surface area contributed by atoms with Crippen molar-refractivity contribution < 1.29 is 4.43 Å². The fourth-order valence-electron chi connectivity index (χ4n) is 0.943. The molecule has 0 saturated heterocycles. The zero-order valence-electron chi connectivity index (χ0n) is 8.39. The maximum absolute atomic E-state index is 5.83. The van der Waals surface area contributed by atoms with Crippen molar-refractivity contribution in [2.24, 2.45) is 0 Å². The Labute approximate surface area is 73.5 Å². The minimum absolute atomic E-state index is 0.234. The van der Waals surface area contributed by atoms with Crippen LogP contribution in [0.3, 0.4) is 0 Å². The molecule has 0 spiro atoms. The van der Waals surface area contributed by atoms with Gasteiger partial charge in [-0.1, -0.05) is 34.1 Å². The third-order valence-electron chi connectivity index (χ3n) is 2.22. The lowest BCUT2D eigenvalue weighted by Gasteiger charge is -2.16. The first kappa shape index (κ1) is 11.2. The third kappa shape index (κ3) is 5.45.